The first-order valence-electron chi connectivity index (χ1n) is 12.9. The van der Waals surface area contributed by atoms with Crippen LogP contribution in [0.3, 0.4) is 0 Å². The van der Waals surface area contributed by atoms with E-state index in [0.29, 0.717) is 28.1 Å². The second-order valence-electron chi connectivity index (χ2n) is 9.58. The number of amides is 1. The number of carboxylic acid groups (broad SMARTS) is 1. The molecule has 3 N–H and O–H groups in total. The monoisotopic (exact) mass is 529 g/mol. The van der Waals surface area contributed by atoms with Gasteiger partial charge < -0.3 is 15.4 Å². The van der Waals surface area contributed by atoms with Crippen LogP contribution in [0.4, 0.5) is 0 Å². The fourth-order valence-corrected chi connectivity index (χ4v) is 5.10. The third kappa shape index (κ3) is 5.18. The summed E-state index contributed by atoms with van der Waals surface area (Å²) in [5.41, 5.74) is 5.98. The predicted octanol–water partition coefficient (Wildman–Crippen LogP) is 5.98. The number of nitrogens with zero attached hydrogens (tertiary/aromatic N) is 3. The number of carbonyl (C=O) groups excluding carboxylic acids is 1. The van der Waals surface area contributed by atoms with Gasteiger partial charge in [-0.2, -0.15) is 5.26 Å². The Balaban J connectivity index is 1.63. The molecule has 0 saturated heterocycles. The summed E-state index contributed by atoms with van der Waals surface area (Å²) in [5, 5.41) is 23.2. The summed E-state index contributed by atoms with van der Waals surface area (Å²) in [5.74, 6) is -0.961. The third-order valence-electron chi connectivity index (χ3n) is 7.04. The first-order valence-corrected chi connectivity index (χ1v) is 12.9. The molecule has 40 heavy (non-hydrogen) atoms. The zero-order valence-electron chi connectivity index (χ0n) is 22.1. The summed E-state index contributed by atoms with van der Waals surface area (Å²) in [4.78, 5) is 37.1. The number of H-pyrrole nitrogens is 1. The number of aromatic amines is 1. The fraction of sp³-hybridized carbons (Fsp3) is 0.156. The normalized spacial score (nSPS) is 11.6. The smallest absolute Gasteiger partial charge is 0.336 e. The third-order valence-corrected chi connectivity index (χ3v) is 7.04. The first kappa shape index (κ1) is 26.3. The number of benzene rings is 3. The molecule has 0 radical (unpaired) electrons. The molecular formula is C32H27N5O3. The van der Waals surface area contributed by atoms with Crippen LogP contribution >= 0.6 is 0 Å². The van der Waals surface area contributed by atoms with Crippen LogP contribution in [0.5, 0.6) is 0 Å². The van der Waals surface area contributed by atoms with Gasteiger partial charge in [0.15, 0.2) is 0 Å². The van der Waals surface area contributed by atoms with Crippen LogP contribution in [-0.2, 0) is 6.54 Å². The van der Waals surface area contributed by atoms with Crippen LogP contribution in [-0.4, -0.2) is 31.9 Å². The first-order chi connectivity index (χ1) is 19.4. The highest BCUT2D eigenvalue weighted by atomic mass is 16.4. The summed E-state index contributed by atoms with van der Waals surface area (Å²) >= 11 is 0. The number of fused-ring (bicyclic) bond motifs is 1. The fourth-order valence-electron chi connectivity index (χ4n) is 5.10. The van der Waals surface area contributed by atoms with Crippen LogP contribution in [0.15, 0.2) is 79.3 Å². The summed E-state index contributed by atoms with van der Waals surface area (Å²) in [6.07, 6.45) is 5.90. The van der Waals surface area contributed by atoms with Crippen molar-refractivity contribution in [1.29, 1.82) is 5.26 Å². The molecule has 0 fully saturated rings. The Morgan fingerprint density at radius 2 is 1.82 bits per heavy atom. The number of carbonyl (C=O) groups is 2. The molecule has 0 bridgehead atoms. The van der Waals surface area contributed by atoms with Crippen molar-refractivity contribution < 1.29 is 14.7 Å². The maximum Gasteiger partial charge on any atom is 0.336 e. The molecule has 0 aliphatic rings. The number of nitrogens with one attached hydrogen (secondary N) is 2. The topological polar surface area (TPSA) is 132 Å². The highest BCUT2D eigenvalue weighted by molar-refractivity contribution is 6.00. The van der Waals surface area contributed by atoms with E-state index >= 15 is 0 Å². The van der Waals surface area contributed by atoms with E-state index in [1.165, 1.54) is 0 Å². The highest BCUT2D eigenvalue weighted by Crippen LogP contribution is 2.40. The number of nitriles is 1. The summed E-state index contributed by atoms with van der Waals surface area (Å²) < 4.78 is 0. The molecule has 3 aromatic carbocycles. The van der Waals surface area contributed by atoms with E-state index in [-0.39, 0.29) is 23.9 Å². The number of carboxylic acids is 1. The number of aryl methyl sites for hydroxylation is 1. The van der Waals surface area contributed by atoms with E-state index < -0.39 is 5.97 Å². The van der Waals surface area contributed by atoms with Gasteiger partial charge in [0.25, 0.3) is 5.91 Å². The maximum atomic E-state index is 13.2. The zero-order chi connectivity index (χ0) is 28.2. The Morgan fingerprint density at radius 1 is 1.02 bits per heavy atom. The van der Waals surface area contributed by atoms with Gasteiger partial charge in [-0.15, -0.1) is 0 Å². The van der Waals surface area contributed by atoms with E-state index in [1.54, 1.807) is 48.8 Å². The van der Waals surface area contributed by atoms with Gasteiger partial charge in [-0.3, -0.25) is 4.79 Å². The molecule has 198 valence electrons. The molecule has 0 aliphatic carbocycles. The molecular weight excluding hydrogens is 502 g/mol. The van der Waals surface area contributed by atoms with Crippen LogP contribution < -0.4 is 5.32 Å². The molecule has 2 heterocycles. The van der Waals surface area contributed by atoms with E-state index in [2.05, 4.69) is 33.3 Å². The molecule has 1 amide bonds. The van der Waals surface area contributed by atoms with Crippen molar-refractivity contribution >= 4 is 22.8 Å². The number of hydrogen-bond donors (Lipinski definition) is 3. The van der Waals surface area contributed by atoms with Gasteiger partial charge in [0.2, 0.25) is 0 Å². The molecule has 1 unspecified atom stereocenters. The van der Waals surface area contributed by atoms with Crippen LogP contribution in [0.25, 0.3) is 22.0 Å². The molecule has 8 nitrogen and oxygen atoms in total. The average molecular weight is 530 g/mol. The number of hydrogen-bond acceptors (Lipinski definition) is 5. The van der Waals surface area contributed by atoms with Crippen LogP contribution in [0.2, 0.25) is 0 Å². The zero-order valence-corrected chi connectivity index (χ0v) is 22.1. The molecule has 8 heteroatoms. The Labute approximate surface area is 231 Å². The van der Waals surface area contributed by atoms with Crippen molar-refractivity contribution in [3.05, 3.63) is 118 Å². The number of aromatic nitrogens is 3. The van der Waals surface area contributed by atoms with Gasteiger partial charge in [0, 0.05) is 41.0 Å². The SMILES string of the molecule is CCC(c1ccc(C(=O)NCc2ncccn2)cc1-c1ccc(C)cc1C(=O)O)c1c[nH]c2cc(C#N)ccc12. The van der Waals surface area contributed by atoms with Gasteiger partial charge in [0.1, 0.15) is 5.82 Å². The quantitative estimate of drug-likeness (QED) is 0.227. The van der Waals surface area contributed by atoms with E-state index in [4.69, 9.17) is 0 Å². The van der Waals surface area contributed by atoms with Crippen molar-refractivity contribution in [2.24, 2.45) is 0 Å². The lowest BCUT2D eigenvalue weighted by Crippen LogP contribution is -2.24. The highest BCUT2D eigenvalue weighted by Gasteiger charge is 2.24. The summed E-state index contributed by atoms with van der Waals surface area (Å²) in [6.45, 7) is 4.09. The van der Waals surface area contributed by atoms with Crippen molar-refractivity contribution in [2.75, 3.05) is 0 Å². The van der Waals surface area contributed by atoms with E-state index in [0.717, 1.165) is 34.0 Å². The molecule has 5 rings (SSSR count). The summed E-state index contributed by atoms with van der Waals surface area (Å²) in [6, 6.07) is 20.2. The Morgan fingerprint density at radius 3 is 2.55 bits per heavy atom. The molecule has 0 saturated carbocycles. The number of rotatable bonds is 8. The lowest BCUT2D eigenvalue weighted by Gasteiger charge is -2.21. The number of aromatic carboxylic acids is 1. The molecule has 1 atom stereocenters. The minimum Gasteiger partial charge on any atom is -0.478 e. The Hall–Kier alpha value is -5.29. The van der Waals surface area contributed by atoms with Crippen molar-refractivity contribution in [2.45, 2.75) is 32.7 Å². The van der Waals surface area contributed by atoms with Gasteiger partial charge in [0.05, 0.1) is 23.7 Å². The average Bonchev–Trinajstić information content (AvgIpc) is 3.40. The van der Waals surface area contributed by atoms with Crippen LogP contribution in [0, 0.1) is 18.3 Å². The predicted molar refractivity (Wildman–Crippen MR) is 152 cm³/mol. The Bertz CT molecular complexity index is 1770. The van der Waals surface area contributed by atoms with Gasteiger partial charge >= 0.3 is 5.97 Å². The van der Waals surface area contributed by atoms with Crippen molar-refractivity contribution in [3.63, 3.8) is 0 Å². The van der Waals surface area contributed by atoms with Crippen molar-refractivity contribution in [3.8, 4) is 17.2 Å². The molecule has 0 aliphatic heterocycles. The second-order valence-corrected chi connectivity index (χ2v) is 9.58. The lowest BCUT2D eigenvalue weighted by molar-refractivity contribution is 0.0697. The molecule has 5 aromatic rings. The second kappa shape index (κ2) is 11.2. The van der Waals surface area contributed by atoms with Gasteiger partial charge in [-0.1, -0.05) is 36.8 Å². The van der Waals surface area contributed by atoms with Crippen molar-refractivity contribution in [1.82, 2.24) is 20.3 Å². The van der Waals surface area contributed by atoms with Crippen LogP contribution in [0.1, 0.15) is 68.1 Å². The minimum atomic E-state index is -1.04. The minimum absolute atomic E-state index is 0.102. The lowest BCUT2D eigenvalue weighted by atomic mass is 9.82. The standard InChI is InChI=1S/C32H27N5O3/c1-3-22(28-17-36-29-14-20(16-33)6-9-25(28)29)23-10-7-21(31(38)37-18-30-34-11-4-12-35-30)15-26(23)24-8-5-19(2)13-27(24)32(39)40/h4-15,17,22,36H,3,18H2,1-2H3,(H,37,38)(H,39,40). The molecule has 2 aromatic heterocycles. The summed E-state index contributed by atoms with van der Waals surface area (Å²) in [7, 11) is 0. The van der Waals surface area contributed by atoms with E-state index in [9.17, 15) is 20.0 Å². The van der Waals surface area contributed by atoms with E-state index in [1.807, 2.05) is 37.4 Å². The van der Waals surface area contributed by atoms with Gasteiger partial charge in [-0.25, -0.2) is 14.8 Å². The van der Waals surface area contributed by atoms with Gasteiger partial charge in [-0.05, 0) is 72.0 Å². The largest absolute Gasteiger partial charge is 0.478 e. The molecule has 0 spiro atoms. The Kier molecular flexibility index (Phi) is 7.38. The maximum absolute atomic E-state index is 13.2.